The first-order valence-electron chi connectivity index (χ1n) is 6.45. The highest BCUT2D eigenvalue weighted by Gasteiger charge is 2.12. The van der Waals surface area contributed by atoms with Gasteiger partial charge >= 0.3 is 0 Å². The average Bonchev–Trinajstić information content (AvgIpc) is 2.89. The van der Waals surface area contributed by atoms with Crippen molar-refractivity contribution in [3.8, 4) is 10.6 Å². The summed E-state index contributed by atoms with van der Waals surface area (Å²) in [5.41, 5.74) is 2.14. The Morgan fingerprint density at radius 2 is 2.16 bits per heavy atom. The number of hydrogen-bond donors (Lipinski definition) is 1. The van der Waals surface area contributed by atoms with Gasteiger partial charge in [0.05, 0.1) is 6.04 Å². The number of nitrogens with one attached hydrogen (secondary N) is 1. The van der Waals surface area contributed by atoms with E-state index in [0.29, 0.717) is 0 Å². The molecule has 19 heavy (non-hydrogen) atoms. The smallest absolute Gasteiger partial charge is 0.147 e. The first-order valence-corrected chi connectivity index (χ1v) is 7.64. The fraction of sp³-hybridized carbons (Fsp3) is 0.429. The molecule has 3 nitrogen and oxygen atoms in total. The van der Waals surface area contributed by atoms with Gasteiger partial charge in [-0.2, -0.15) is 0 Å². The van der Waals surface area contributed by atoms with Crippen molar-refractivity contribution in [2.24, 2.45) is 0 Å². The Morgan fingerprint density at radius 1 is 1.37 bits per heavy atom. The van der Waals surface area contributed by atoms with Crippen molar-refractivity contribution < 1.29 is 0 Å². The quantitative estimate of drug-likeness (QED) is 0.897. The van der Waals surface area contributed by atoms with Crippen molar-refractivity contribution >= 4 is 22.9 Å². The first-order chi connectivity index (χ1) is 9.11. The van der Waals surface area contributed by atoms with Crippen LogP contribution >= 0.6 is 22.9 Å². The Balaban J connectivity index is 2.18. The molecule has 1 atom stereocenters. The molecule has 2 rings (SSSR count). The number of rotatable bonds is 5. The van der Waals surface area contributed by atoms with Crippen molar-refractivity contribution in [3.05, 3.63) is 33.8 Å². The van der Waals surface area contributed by atoms with E-state index in [4.69, 9.17) is 11.6 Å². The zero-order valence-corrected chi connectivity index (χ0v) is 13.0. The van der Waals surface area contributed by atoms with Crippen LogP contribution in [0.4, 0.5) is 0 Å². The summed E-state index contributed by atoms with van der Waals surface area (Å²) >= 11 is 7.67. The second kappa shape index (κ2) is 6.46. The maximum Gasteiger partial charge on any atom is 0.147 e. The summed E-state index contributed by atoms with van der Waals surface area (Å²) in [6, 6.07) is 6.20. The molecule has 1 heterocycles. The Morgan fingerprint density at radius 3 is 2.84 bits per heavy atom. The van der Waals surface area contributed by atoms with Crippen LogP contribution in [-0.4, -0.2) is 16.7 Å². The van der Waals surface area contributed by atoms with Crippen LogP contribution in [0.15, 0.2) is 18.2 Å². The average molecular weight is 296 g/mol. The minimum absolute atomic E-state index is 0.250. The van der Waals surface area contributed by atoms with Crippen LogP contribution in [0, 0.1) is 6.92 Å². The normalized spacial score (nSPS) is 12.6. The highest BCUT2D eigenvalue weighted by atomic mass is 35.5. The molecule has 0 spiro atoms. The number of hydrogen-bond acceptors (Lipinski definition) is 4. The third-order valence-corrected chi connectivity index (χ3v) is 4.50. The molecule has 1 aromatic carbocycles. The summed E-state index contributed by atoms with van der Waals surface area (Å²) in [4.78, 5) is 0. The lowest BCUT2D eigenvalue weighted by Gasteiger charge is -2.08. The van der Waals surface area contributed by atoms with E-state index in [2.05, 4.69) is 35.4 Å². The topological polar surface area (TPSA) is 37.8 Å². The zero-order chi connectivity index (χ0) is 13.8. The summed E-state index contributed by atoms with van der Waals surface area (Å²) < 4.78 is 0. The van der Waals surface area contributed by atoms with Crippen molar-refractivity contribution in [1.29, 1.82) is 0 Å². The number of halogens is 1. The van der Waals surface area contributed by atoms with Gasteiger partial charge in [-0.15, -0.1) is 10.2 Å². The van der Waals surface area contributed by atoms with Crippen LogP contribution in [0.1, 0.15) is 36.9 Å². The van der Waals surface area contributed by atoms with E-state index in [1.807, 2.05) is 19.1 Å². The van der Waals surface area contributed by atoms with E-state index in [1.54, 1.807) is 11.3 Å². The van der Waals surface area contributed by atoms with E-state index in [9.17, 15) is 0 Å². The van der Waals surface area contributed by atoms with Crippen molar-refractivity contribution in [2.75, 3.05) is 6.54 Å². The van der Waals surface area contributed by atoms with Gasteiger partial charge in [-0.3, -0.25) is 0 Å². The molecule has 0 radical (unpaired) electrons. The third kappa shape index (κ3) is 3.53. The summed E-state index contributed by atoms with van der Waals surface area (Å²) in [7, 11) is 0. The lowest BCUT2D eigenvalue weighted by molar-refractivity contribution is 0.564. The molecule has 5 heteroatoms. The van der Waals surface area contributed by atoms with Gasteiger partial charge < -0.3 is 5.32 Å². The molecule has 0 saturated heterocycles. The third-order valence-electron chi connectivity index (χ3n) is 2.92. The van der Waals surface area contributed by atoms with Crippen molar-refractivity contribution in [3.63, 3.8) is 0 Å². The molecule has 0 saturated carbocycles. The van der Waals surface area contributed by atoms with Crippen LogP contribution < -0.4 is 5.32 Å². The predicted molar refractivity (Wildman–Crippen MR) is 81.8 cm³/mol. The van der Waals surface area contributed by atoms with Crippen molar-refractivity contribution in [2.45, 2.75) is 33.2 Å². The molecule has 102 valence electrons. The fourth-order valence-corrected chi connectivity index (χ4v) is 2.74. The molecular weight excluding hydrogens is 278 g/mol. The predicted octanol–water partition coefficient (Wildman–Crippen LogP) is 4.23. The number of aromatic nitrogens is 2. The molecule has 1 unspecified atom stereocenters. The molecule has 2 aromatic rings. The van der Waals surface area contributed by atoms with E-state index >= 15 is 0 Å². The summed E-state index contributed by atoms with van der Waals surface area (Å²) in [6.07, 6.45) is 1.12. The second-order valence-electron chi connectivity index (χ2n) is 4.59. The van der Waals surface area contributed by atoms with Gasteiger partial charge in [0.1, 0.15) is 10.0 Å². The second-order valence-corrected chi connectivity index (χ2v) is 6.00. The van der Waals surface area contributed by atoms with E-state index in [1.165, 1.54) is 0 Å². The van der Waals surface area contributed by atoms with Crippen LogP contribution in [0.5, 0.6) is 0 Å². The number of benzene rings is 1. The van der Waals surface area contributed by atoms with E-state index in [0.717, 1.165) is 39.1 Å². The van der Waals surface area contributed by atoms with E-state index < -0.39 is 0 Å². The van der Waals surface area contributed by atoms with Gasteiger partial charge in [0.15, 0.2) is 0 Å². The molecule has 0 aliphatic rings. The summed E-state index contributed by atoms with van der Waals surface area (Å²) in [6.45, 7) is 7.27. The van der Waals surface area contributed by atoms with Gasteiger partial charge in [0, 0.05) is 10.6 Å². The van der Waals surface area contributed by atoms with Gasteiger partial charge in [0.25, 0.3) is 0 Å². The molecule has 1 aromatic heterocycles. The standard InChI is InChI=1S/C14H18ClN3S/c1-4-7-16-10(3)13-17-18-14(19-13)11-5-6-12(15)9(2)8-11/h5-6,8,10,16H,4,7H2,1-3H3. The maximum absolute atomic E-state index is 6.04. The molecule has 1 N–H and O–H groups in total. The molecule has 0 amide bonds. The van der Waals surface area contributed by atoms with Crippen LogP contribution in [0.25, 0.3) is 10.6 Å². The molecule has 0 bridgehead atoms. The Labute approximate surface area is 123 Å². The highest BCUT2D eigenvalue weighted by molar-refractivity contribution is 7.14. The summed E-state index contributed by atoms with van der Waals surface area (Å²) in [5, 5.41) is 14.7. The SMILES string of the molecule is CCCNC(C)c1nnc(-c2ccc(Cl)c(C)c2)s1. The zero-order valence-electron chi connectivity index (χ0n) is 11.4. The molecular formula is C14H18ClN3S. The van der Waals surface area contributed by atoms with Crippen LogP contribution in [0.2, 0.25) is 5.02 Å². The van der Waals surface area contributed by atoms with Gasteiger partial charge in [-0.25, -0.2) is 0 Å². The van der Waals surface area contributed by atoms with Gasteiger partial charge in [0.2, 0.25) is 0 Å². The molecule has 0 aliphatic heterocycles. The monoisotopic (exact) mass is 295 g/mol. The Bertz CT molecular complexity index is 553. The molecule has 0 aliphatic carbocycles. The number of nitrogens with zero attached hydrogens (tertiary/aromatic N) is 2. The Hall–Kier alpha value is -0.970. The number of aryl methyl sites for hydroxylation is 1. The minimum Gasteiger partial charge on any atom is -0.308 e. The maximum atomic E-state index is 6.04. The largest absolute Gasteiger partial charge is 0.308 e. The van der Waals surface area contributed by atoms with E-state index in [-0.39, 0.29) is 6.04 Å². The lowest BCUT2D eigenvalue weighted by Crippen LogP contribution is -2.18. The van der Waals surface area contributed by atoms with Gasteiger partial charge in [-0.1, -0.05) is 35.9 Å². The first kappa shape index (κ1) is 14.4. The lowest BCUT2D eigenvalue weighted by atomic mass is 10.1. The van der Waals surface area contributed by atoms with Gasteiger partial charge in [-0.05, 0) is 44.5 Å². The fourth-order valence-electron chi connectivity index (χ4n) is 1.75. The summed E-state index contributed by atoms with van der Waals surface area (Å²) in [5.74, 6) is 0. The minimum atomic E-state index is 0.250. The van der Waals surface area contributed by atoms with Crippen LogP contribution in [-0.2, 0) is 0 Å². The van der Waals surface area contributed by atoms with Crippen molar-refractivity contribution in [1.82, 2.24) is 15.5 Å². The van der Waals surface area contributed by atoms with Crippen LogP contribution in [0.3, 0.4) is 0 Å². The Kier molecular flexibility index (Phi) is 4.91. The molecule has 0 fully saturated rings. The highest BCUT2D eigenvalue weighted by Crippen LogP contribution is 2.29.